The summed E-state index contributed by atoms with van der Waals surface area (Å²) >= 11 is 0. The lowest BCUT2D eigenvalue weighted by Crippen LogP contribution is -2.05. The van der Waals surface area contributed by atoms with E-state index in [1.54, 1.807) is 0 Å². The van der Waals surface area contributed by atoms with Crippen molar-refractivity contribution in [2.45, 2.75) is 4.90 Å². The highest BCUT2D eigenvalue weighted by Gasteiger charge is 2.16. The fourth-order valence-corrected chi connectivity index (χ4v) is 2.09. The predicted octanol–water partition coefficient (Wildman–Crippen LogP) is 2.44. The summed E-state index contributed by atoms with van der Waals surface area (Å²) in [7, 11) is -4.36. The average Bonchev–Trinajstić information content (AvgIpc) is 2.37. The molecular formula is C13H8F2O4S. The van der Waals surface area contributed by atoms with E-state index in [2.05, 4.69) is 0 Å². The first-order valence-electron chi connectivity index (χ1n) is 5.36. The molecule has 0 radical (unpaired) electrons. The second-order valence-corrected chi connectivity index (χ2v) is 5.37. The number of benzene rings is 2. The molecule has 0 aliphatic heterocycles. The molecule has 2 aromatic rings. The summed E-state index contributed by atoms with van der Waals surface area (Å²) in [5, 5.41) is 0. The van der Waals surface area contributed by atoms with Crippen LogP contribution in [-0.2, 0) is 10.1 Å². The van der Waals surface area contributed by atoms with Crippen LogP contribution in [0.5, 0.6) is 0 Å². The van der Waals surface area contributed by atoms with Crippen molar-refractivity contribution in [3.63, 3.8) is 0 Å². The Balaban J connectivity index is 2.39. The maximum absolute atomic E-state index is 13.5. The first-order chi connectivity index (χ1) is 9.29. The number of rotatable bonds is 3. The average molecular weight is 298 g/mol. The maximum atomic E-state index is 13.5. The fourth-order valence-electron chi connectivity index (χ4n) is 1.61. The molecule has 0 fully saturated rings. The van der Waals surface area contributed by atoms with Gasteiger partial charge in [-0.3, -0.25) is 9.35 Å². The lowest BCUT2D eigenvalue weighted by Gasteiger charge is -2.04. The molecular weight excluding hydrogens is 290 g/mol. The molecule has 0 saturated heterocycles. The molecule has 4 nitrogen and oxygen atoms in total. The van der Waals surface area contributed by atoms with Gasteiger partial charge < -0.3 is 0 Å². The van der Waals surface area contributed by atoms with Crippen molar-refractivity contribution in [2.24, 2.45) is 0 Å². The van der Waals surface area contributed by atoms with Crippen molar-refractivity contribution < 1.29 is 26.5 Å². The Morgan fingerprint density at radius 2 is 1.60 bits per heavy atom. The van der Waals surface area contributed by atoms with E-state index in [1.807, 2.05) is 0 Å². The summed E-state index contributed by atoms with van der Waals surface area (Å²) in [5.41, 5.74) is -0.311. The van der Waals surface area contributed by atoms with E-state index < -0.39 is 27.5 Å². The van der Waals surface area contributed by atoms with Crippen LogP contribution in [0.4, 0.5) is 8.78 Å². The third-order valence-corrected chi connectivity index (χ3v) is 3.46. The SMILES string of the molecule is O=C(c1ccc(S(=O)(=O)O)cc1)c1ccc(F)cc1F. The van der Waals surface area contributed by atoms with Crippen molar-refractivity contribution in [3.05, 3.63) is 65.2 Å². The Bertz CT molecular complexity index is 767. The predicted molar refractivity (Wildman–Crippen MR) is 66.0 cm³/mol. The van der Waals surface area contributed by atoms with Crippen LogP contribution in [0.2, 0.25) is 0 Å². The molecule has 104 valence electrons. The molecule has 2 rings (SSSR count). The lowest BCUT2D eigenvalue weighted by atomic mass is 10.0. The van der Waals surface area contributed by atoms with Crippen molar-refractivity contribution >= 4 is 15.9 Å². The maximum Gasteiger partial charge on any atom is 0.294 e. The number of ketones is 1. The molecule has 0 bridgehead atoms. The Hall–Kier alpha value is -2.12. The molecule has 0 unspecified atom stereocenters. The molecule has 0 amide bonds. The second kappa shape index (κ2) is 5.10. The molecule has 0 spiro atoms. The van der Waals surface area contributed by atoms with Gasteiger partial charge in [0.05, 0.1) is 10.5 Å². The van der Waals surface area contributed by atoms with Crippen LogP contribution >= 0.6 is 0 Å². The van der Waals surface area contributed by atoms with Crippen LogP contribution in [0.3, 0.4) is 0 Å². The van der Waals surface area contributed by atoms with Crippen molar-refractivity contribution in [1.29, 1.82) is 0 Å². The van der Waals surface area contributed by atoms with Gasteiger partial charge in [0.25, 0.3) is 10.1 Å². The highest BCUT2D eigenvalue weighted by atomic mass is 32.2. The normalized spacial score (nSPS) is 11.3. The van der Waals surface area contributed by atoms with E-state index in [0.29, 0.717) is 6.07 Å². The summed E-state index contributed by atoms with van der Waals surface area (Å²) in [6.07, 6.45) is 0. The van der Waals surface area contributed by atoms with Gasteiger partial charge in [-0.05, 0) is 36.4 Å². The summed E-state index contributed by atoms with van der Waals surface area (Å²) in [4.78, 5) is 11.6. The van der Waals surface area contributed by atoms with Gasteiger partial charge in [-0.15, -0.1) is 0 Å². The molecule has 0 aliphatic rings. The zero-order valence-corrected chi connectivity index (χ0v) is 10.7. The second-order valence-electron chi connectivity index (χ2n) is 3.95. The first-order valence-corrected chi connectivity index (χ1v) is 6.80. The molecule has 0 saturated carbocycles. The summed E-state index contributed by atoms with van der Waals surface area (Å²) in [5.74, 6) is -2.53. The lowest BCUT2D eigenvalue weighted by molar-refractivity contribution is 0.103. The van der Waals surface area contributed by atoms with E-state index in [0.717, 1.165) is 36.4 Å². The van der Waals surface area contributed by atoms with Crippen LogP contribution in [0, 0.1) is 11.6 Å². The fraction of sp³-hybridized carbons (Fsp3) is 0. The minimum absolute atomic E-state index is 0.0166. The molecule has 0 aromatic heterocycles. The van der Waals surface area contributed by atoms with Gasteiger partial charge >= 0.3 is 0 Å². The highest BCUT2D eigenvalue weighted by molar-refractivity contribution is 7.85. The van der Waals surface area contributed by atoms with Crippen molar-refractivity contribution in [3.8, 4) is 0 Å². The standard InChI is InChI=1S/C13H8F2O4S/c14-9-3-6-11(12(15)7-9)13(16)8-1-4-10(5-2-8)20(17,18)19/h1-7H,(H,17,18,19). The quantitative estimate of drug-likeness (QED) is 0.698. The summed E-state index contributed by atoms with van der Waals surface area (Å²) < 4.78 is 56.7. The van der Waals surface area contributed by atoms with Gasteiger partial charge in [-0.25, -0.2) is 8.78 Å². The van der Waals surface area contributed by atoms with Crippen LogP contribution in [0.1, 0.15) is 15.9 Å². The Labute approximate surface area is 113 Å². The number of halogens is 2. The zero-order valence-electron chi connectivity index (χ0n) is 9.88. The highest BCUT2D eigenvalue weighted by Crippen LogP contribution is 2.17. The van der Waals surface area contributed by atoms with E-state index in [-0.39, 0.29) is 16.0 Å². The first kappa shape index (κ1) is 14.3. The number of carbonyl (C=O) groups is 1. The molecule has 0 atom stereocenters. The van der Waals surface area contributed by atoms with Gasteiger partial charge in [0.2, 0.25) is 0 Å². The Morgan fingerprint density at radius 3 is 2.10 bits per heavy atom. The molecule has 1 N–H and O–H groups in total. The van der Waals surface area contributed by atoms with Gasteiger partial charge in [-0.1, -0.05) is 0 Å². The third-order valence-electron chi connectivity index (χ3n) is 2.59. The molecule has 7 heteroatoms. The number of carbonyl (C=O) groups excluding carboxylic acids is 1. The van der Waals surface area contributed by atoms with Crippen molar-refractivity contribution in [1.82, 2.24) is 0 Å². The smallest absolute Gasteiger partial charge is 0.288 e. The molecule has 20 heavy (non-hydrogen) atoms. The van der Waals surface area contributed by atoms with Gasteiger partial charge in [0, 0.05) is 11.6 Å². The van der Waals surface area contributed by atoms with Gasteiger partial charge in [0.1, 0.15) is 11.6 Å². The van der Waals surface area contributed by atoms with E-state index in [1.165, 1.54) is 0 Å². The minimum atomic E-state index is -4.36. The minimum Gasteiger partial charge on any atom is -0.288 e. The Kier molecular flexibility index (Phi) is 3.65. The molecule has 0 heterocycles. The van der Waals surface area contributed by atoms with Gasteiger partial charge in [0.15, 0.2) is 5.78 Å². The van der Waals surface area contributed by atoms with Crippen LogP contribution in [-0.4, -0.2) is 18.8 Å². The monoisotopic (exact) mass is 298 g/mol. The van der Waals surface area contributed by atoms with Crippen LogP contribution in [0.15, 0.2) is 47.4 Å². The van der Waals surface area contributed by atoms with Crippen molar-refractivity contribution in [2.75, 3.05) is 0 Å². The van der Waals surface area contributed by atoms with E-state index >= 15 is 0 Å². The van der Waals surface area contributed by atoms with Crippen LogP contribution < -0.4 is 0 Å². The summed E-state index contributed by atoms with van der Waals surface area (Å²) in [6, 6.07) is 6.84. The zero-order chi connectivity index (χ0) is 14.9. The number of hydrogen-bond donors (Lipinski definition) is 1. The number of hydrogen-bond acceptors (Lipinski definition) is 3. The van der Waals surface area contributed by atoms with E-state index in [9.17, 15) is 22.0 Å². The summed E-state index contributed by atoms with van der Waals surface area (Å²) in [6.45, 7) is 0. The van der Waals surface area contributed by atoms with Gasteiger partial charge in [-0.2, -0.15) is 8.42 Å². The molecule has 2 aromatic carbocycles. The molecule has 0 aliphatic carbocycles. The largest absolute Gasteiger partial charge is 0.294 e. The van der Waals surface area contributed by atoms with E-state index in [4.69, 9.17) is 4.55 Å². The Morgan fingerprint density at radius 1 is 1.00 bits per heavy atom. The topological polar surface area (TPSA) is 71.4 Å². The van der Waals surface area contributed by atoms with Crippen LogP contribution in [0.25, 0.3) is 0 Å². The third kappa shape index (κ3) is 2.89.